The number of esters is 3. The van der Waals surface area contributed by atoms with Gasteiger partial charge in [0.25, 0.3) is 0 Å². The number of allylic oxidation sites excluding steroid dienone is 20. The Morgan fingerprint density at radius 2 is 0.679 bits per heavy atom. The Morgan fingerprint density at radius 1 is 0.372 bits per heavy atom. The Hall–Kier alpha value is -4.12. The molecular weight excluding hydrogens is 1000 g/mol. The van der Waals surface area contributed by atoms with Crippen LogP contribution in [0.3, 0.4) is 0 Å². The zero-order valence-electron chi connectivity index (χ0n) is 49.1. The van der Waals surface area contributed by atoms with Crippen molar-refractivity contribution in [2.24, 2.45) is 0 Å². The van der Waals surface area contributed by atoms with E-state index in [1.54, 1.807) is 0 Å². The third-order valence-corrected chi connectivity index (χ3v) is 13.3. The monoisotopic (exact) mass is 1110 g/mol. The number of aliphatic hydroxyl groups is 1. The Kier molecular flexibility index (Phi) is 55.9. The largest absolute Gasteiger partial charge is 0.472 e. The van der Waals surface area contributed by atoms with Crippen molar-refractivity contribution in [3.63, 3.8) is 0 Å². The molecule has 0 aliphatic heterocycles. The summed E-state index contributed by atoms with van der Waals surface area (Å²) >= 11 is 0. The summed E-state index contributed by atoms with van der Waals surface area (Å²) in [5.74, 6) is -1.59. The van der Waals surface area contributed by atoms with Gasteiger partial charge in [-0.15, -0.1) is 0 Å². The number of hydrogen-bond donors (Lipinski definition) is 2. The smallest absolute Gasteiger partial charge is 0.462 e. The summed E-state index contributed by atoms with van der Waals surface area (Å²) < 4.78 is 39.5. The number of phosphoric acid groups is 1. The predicted molar refractivity (Wildman–Crippen MR) is 325 cm³/mol. The van der Waals surface area contributed by atoms with E-state index in [4.69, 9.17) is 23.3 Å². The zero-order valence-corrected chi connectivity index (χ0v) is 50.0. The van der Waals surface area contributed by atoms with Gasteiger partial charge >= 0.3 is 25.7 Å². The van der Waals surface area contributed by atoms with Gasteiger partial charge in [0.15, 0.2) is 6.10 Å². The molecule has 2 N–H and O–H groups in total. The van der Waals surface area contributed by atoms with Crippen LogP contribution in [0.25, 0.3) is 0 Å². The molecule has 0 spiro atoms. The second-order valence-electron chi connectivity index (χ2n) is 19.7. The molecule has 0 rings (SSSR count). The van der Waals surface area contributed by atoms with Gasteiger partial charge < -0.3 is 24.2 Å². The third-order valence-electron chi connectivity index (χ3n) is 12.3. The second kappa shape index (κ2) is 59.0. The van der Waals surface area contributed by atoms with Crippen LogP contribution < -0.4 is 0 Å². The average molecular weight is 1110 g/mol. The van der Waals surface area contributed by atoms with E-state index in [2.05, 4.69) is 136 Å². The first kappa shape index (κ1) is 73.9. The van der Waals surface area contributed by atoms with Crippen molar-refractivity contribution in [1.29, 1.82) is 0 Å². The Morgan fingerprint density at radius 3 is 1.10 bits per heavy atom. The highest BCUT2D eigenvalue weighted by Crippen LogP contribution is 2.43. The highest BCUT2D eigenvalue weighted by atomic mass is 31.2. The molecule has 11 nitrogen and oxygen atoms in total. The van der Waals surface area contributed by atoms with Gasteiger partial charge in [0.05, 0.1) is 19.8 Å². The number of rotatable bonds is 55. The van der Waals surface area contributed by atoms with E-state index in [1.807, 2.05) is 6.08 Å². The average Bonchev–Trinajstić information content (AvgIpc) is 3.43. The fourth-order valence-electron chi connectivity index (χ4n) is 7.79. The van der Waals surface area contributed by atoms with Gasteiger partial charge in [0.1, 0.15) is 12.7 Å². The fraction of sp³-hybridized carbons (Fsp3) is 0.652. The normalized spacial score (nSPS) is 14.2. The number of hydrogen-bond acceptors (Lipinski definition) is 10. The molecule has 12 heteroatoms. The number of phosphoric ester groups is 1. The summed E-state index contributed by atoms with van der Waals surface area (Å²) in [6.07, 6.45) is 73.1. The van der Waals surface area contributed by atoms with E-state index in [9.17, 15) is 28.9 Å². The predicted octanol–water partition coefficient (Wildman–Crippen LogP) is 18.4. The first-order valence-electron chi connectivity index (χ1n) is 30.4. The van der Waals surface area contributed by atoms with E-state index < -0.39 is 57.8 Å². The maximum Gasteiger partial charge on any atom is 0.472 e. The minimum absolute atomic E-state index is 0.115. The van der Waals surface area contributed by atoms with Crippen LogP contribution in [0.15, 0.2) is 122 Å². The number of unbranched alkanes of at least 4 members (excludes halogenated alkanes) is 18. The molecule has 0 aromatic heterocycles. The molecule has 3 atom stereocenters. The minimum Gasteiger partial charge on any atom is -0.462 e. The van der Waals surface area contributed by atoms with Gasteiger partial charge in [-0.25, -0.2) is 4.57 Å². The van der Waals surface area contributed by atoms with Crippen LogP contribution in [0.4, 0.5) is 0 Å². The number of carbonyl (C=O) groups is 3. The Bertz CT molecular complexity index is 1770. The summed E-state index contributed by atoms with van der Waals surface area (Å²) in [4.78, 5) is 48.6. The molecule has 0 radical (unpaired) electrons. The zero-order chi connectivity index (χ0) is 56.9. The van der Waals surface area contributed by atoms with Gasteiger partial charge in [-0.3, -0.25) is 23.4 Å². The third kappa shape index (κ3) is 56.6. The SMILES string of the molecule is CC/C=C\C/C=C\C/C=C\C/C=C\C/C=C\CCCC(=O)OCC(COP(=O)(O)OCC(CO)OC(=O)CCCC/C=C\C/C=C\C/C=C\C/C=C\CC)OC(=O)CCCCCCCCCCC/C=C\CCCCCCCC. The minimum atomic E-state index is -4.78. The van der Waals surface area contributed by atoms with Crippen LogP contribution in [0, 0.1) is 0 Å². The quantitative estimate of drug-likeness (QED) is 0.0197. The van der Waals surface area contributed by atoms with Crippen LogP contribution in [-0.2, 0) is 42.2 Å². The summed E-state index contributed by atoms with van der Waals surface area (Å²) in [5, 5.41) is 9.82. The summed E-state index contributed by atoms with van der Waals surface area (Å²) in [7, 11) is -4.78. The molecule has 0 heterocycles. The maximum atomic E-state index is 12.9. The van der Waals surface area contributed by atoms with Crippen molar-refractivity contribution in [3.8, 4) is 0 Å². The van der Waals surface area contributed by atoms with Gasteiger partial charge in [-0.05, 0) is 122 Å². The van der Waals surface area contributed by atoms with Crippen molar-refractivity contribution >= 4 is 25.7 Å². The number of aliphatic hydroxyl groups excluding tert-OH is 1. The summed E-state index contributed by atoms with van der Waals surface area (Å²) in [5.41, 5.74) is 0. The molecule has 3 unspecified atom stereocenters. The van der Waals surface area contributed by atoms with E-state index >= 15 is 0 Å². The molecule has 0 aromatic rings. The molecule has 78 heavy (non-hydrogen) atoms. The Balaban J connectivity index is 4.84. The molecule has 444 valence electrons. The fourth-order valence-corrected chi connectivity index (χ4v) is 8.57. The van der Waals surface area contributed by atoms with Crippen LogP contribution >= 0.6 is 7.82 Å². The summed E-state index contributed by atoms with van der Waals surface area (Å²) in [6.45, 7) is 4.30. The molecule has 0 aliphatic carbocycles. The Labute approximate surface area is 475 Å². The molecule has 0 aromatic carbocycles. The van der Waals surface area contributed by atoms with Crippen molar-refractivity contribution < 1.29 is 52.2 Å². The van der Waals surface area contributed by atoms with Crippen molar-refractivity contribution in [2.45, 2.75) is 251 Å². The number of ether oxygens (including phenoxy) is 3. The summed E-state index contributed by atoms with van der Waals surface area (Å²) in [6, 6.07) is 0. The highest BCUT2D eigenvalue weighted by molar-refractivity contribution is 7.47. The van der Waals surface area contributed by atoms with Crippen LogP contribution in [0.5, 0.6) is 0 Å². The topological polar surface area (TPSA) is 155 Å². The van der Waals surface area contributed by atoms with Gasteiger partial charge in [0.2, 0.25) is 0 Å². The molecule has 0 bridgehead atoms. The lowest BCUT2D eigenvalue weighted by atomic mass is 10.1. The van der Waals surface area contributed by atoms with Gasteiger partial charge in [-0.1, -0.05) is 219 Å². The molecule has 0 saturated heterocycles. The lowest BCUT2D eigenvalue weighted by Gasteiger charge is -2.21. The molecular formula is C66H109O11P. The van der Waals surface area contributed by atoms with E-state index in [-0.39, 0.29) is 25.9 Å². The van der Waals surface area contributed by atoms with Crippen molar-refractivity contribution in [1.82, 2.24) is 0 Å². The van der Waals surface area contributed by atoms with Crippen LogP contribution in [0.1, 0.15) is 239 Å². The first-order chi connectivity index (χ1) is 38.2. The van der Waals surface area contributed by atoms with Gasteiger partial charge in [0, 0.05) is 19.3 Å². The van der Waals surface area contributed by atoms with Crippen LogP contribution in [0.2, 0.25) is 0 Å². The molecule has 0 amide bonds. The molecule has 0 fully saturated rings. The van der Waals surface area contributed by atoms with Gasteiger partial charge in [-0.2, -0.15) is 0 Å². The van der Waals surface area contributed by atoms with E-state index in [0.717, 1.165) is 89.9 Å². The van der Waals surface area contributed by atoms with E-state index in [0.29, 0.717) is 25.7 Å². The van der Waals surface area contributed by atoms with Crippen molar-refractivity contribution in [2.75, 3.05) is 26.4 Å². The standard InChI is InChI=1S/C66H109O11P/c1-4-7-10-13-16-19-22-25-28-30-31-33-36-39-42-45-48-51-54-57-66(70)77-63(59-73-64(68)55-52-49-46-43-40-37-35-32-29-26-23-20-17-14-11-8-5-2)61-75-78(71,72)74-60-62(58-67)76-65(69)56-53-50-47-44-41-38-34-27-24-21-18-15-12-9-6-3/h8-9,11-12,17-18,20-21,25-29,34-35,37,41,43-44,46,62-63,67H,4-7,10,13-16,19,22-24,30-33,36,38-40,42,45,47-61H2,1-3H3,(H,71,72)/b11-8-,12-9-,20-17-,21-18-,28-25-,29-26-,34-27-,37-35-,44-41-,46-43-. The van der Waals surface area contributed by atoms with E-state index in [1.165, 1.54) is 83.5 Å². The first-order valence-corrected chi connectivity index (χ1v) is 31.9. The maximum absolute atomic E-state index is 12.9. The lowest BCUT2D eigenvalue weighted by molar-refractivity contribution is -0.161. The lowest BCUT2D eigenvalue weighted by Crippen LogP contribution is -2.30. The molecule has 0 saturated carbocycles. The number of carbonyl (C=O) groups excluding carboxylic acids is 3. The van der Waals surface area contributed by atoms with Crippen LogP contribution in [-0.4, -0.2) is 66.5 Å². The highest BCUT2D eigenvalue weighted by Gasteiger charge is 2.28. The molecule has 0 aliphatic rings. The second-order valence-corrected chi connectivity index (χ2v) is 21.2. The van der Waals surface area contributed by atoms with Crippen molar-refractivity contribution in [3.05, 3.63) is 122 Å².